The number of fused-ring (bicyclic) bond motifs is 1. The van der Waals surface area contributed by atoms with Crippen molar-refractivity contribution >= 4 is 22.7 Å². The van der Waals surface area contributed by atoms with Crippen LogP contribution in [0.5, 0.6) is 0 Å². The lowest BCUT2D eigenvalue weighted by atomic mass is 10.1. The number of anilines is 2. The molecule has 5 nitrogen and oxygen atoms in total. The number of aliphatic hydroxyl groups excluding tert-OH is 1. The maximum atomic E-state index is 8.92. The Balaban J connectivity index is 1.90. The molecule has 0 aliphatic rings. The summed E-state index contributed by atoms with van der Waals surface area (Å²) in [7, 11) is 0. The van der Waals surface area contributed by atoms with E-state index in [1.807, 2.05) is 42.5 Å². The molecule has 0 aliphatic heterocycles. The zero-order valence-electron chi connectivity index (χ0n) is 13.7. The highest BCUT2D eigenvalue weighted by molar-refractivity contribution is 5.90. The summed E-state index contributed by atoms with van der Waals surface area (Å²) in [5.74, 6) is 1.38. The maximum absolute atomic E-state index is 8.92. The number of benzene rings is 2. The van der Waals surface area contributed by atoms with Crippen molar-refractivity contribution in [3.63, 3.8) is 0 Å². The molecule has 0 saturated carbocycles. The number of aliphatic hydroxyl groups is 1. The molecule has 0 saturated heterocycles. The minimum absolute atomic E-state index is 0.134. The molecule has 1 atom stereocenters. The van der Waals surface area contributed by atoms with Gasteiger partial charge in [-0.3, -0.25) is 0 Å². The molecule has 0 aliphatic carbocycles. The van der Waals surface area contributed by atoms with Crippen LogP contribution >= 0.6 is 0 Å². The topological polar surface area (TPSA) is 70.1 Å². The Morgan fingerprint density at radius 1 is 1.00 bits per heavy atom. The molecule has 0 radical (unpaired) electrons. The molecular formula is C19H22N4O. The Kier molecular flexibility index (Phi) is 5.23. The van der Waals surface area contributed by atoms with Crippen LogP contribution in [0.25, 0.3) is 10.9 Å². The van der Waals surface area contributed by atoms with Crippen molar-refractivity contribution in [2.24, 2.45) is 0 Å². The zero-order valence-corrected chi connectivity index (χ0v) is 13.7. The number of rotatable bonds is 7. The number of aromatic nitrogens is 2. The Hall–Kier alpha value is -2.66. The van der Waals surface area contributed by atoms with E-state index in [-0.39, 0.29) is 12.6 Å². The molecule has 5 heteroatoms. The fraction of sp³-hybridized carbons (Fsp3) is 0.263. The number of nitrogens with one attached hydrogen (secondary N) is 2. The highest BCUT2D eigenvalue weighted by Gasteiger charge is 2.11. The van der Waals surface area contributed by atoms with Gasteiger partial charge in [-0.1, -0.05) is 42.5 Å². The van der Waals surface area contributed by atoms with E-state index < -0.39 is 0 Å². The van der Waals surface area contributed by atoms with Gasteiger partial charge >= 0.3 is 0 Å². The molecule has 0 bridgehead atoms. The standard InChI is InChI=1S/C19H22N4O/c1-14(15-8-3-2-4-9-15)21-18-16-10-5-6-11-17(16)22-19(23-18)20-12-7-13-24/h2-6,8-11,14,24H,7,12-13H2,1H3,(H2,20,21,22,23). The van der Waals surface area contributed by atoms with Gasteiger partial charge in [0.05, 0.1) is 5.52 Å². The van der Waals surface area contributed by atoms with Crippen molar-refractivity contribution in [2.45, 2.75) is 19.4 Å². The summed E-state index contributed by atoms with van der Waals surface area (Å²) in [5.41, 5.74) is 2.09. The molecule has 24 heavy (non-hydrogen) atoms. The quantitative estimate of drug-likeness (QED) is 0.580. The van der Waals surface area contributed by atoms with Gasteiger partial charge in [-0.05, 0) is 31.0 Å². The maximum Gasteiger partial charge on any atom is 0.225 e. The molecular weight excluding hydrogens is 300 g/mol. The summed E-state index contributed by atoms with van der Waals surface area (Å²) in [6.07, 6.45) is 0.666. The molecule has 1 heterocycles. The van der Waals surface area contributed by atoms with E-state index in [1.165, 1.54) is 5.56 Å². The summed E-state index contributed by atoms with van der Waals surface area (Å²) in [6.45, 7) is 2.91. The molecule has 3 N–H and O–H groups in total. The average Bonchev–Trinajstić information content (AvgIpc) is 2.63. The van der Waals surface area contributed by atoms with Crippen LogP contribution in [-0.4, -0.2) is 28.2 Å². The van der Waals surface area contributed by atoms with Gasteiger partial charge in [-0.15, -0.1) is 0 Å². The van der Waals surface area contributed by atoms with Crippen LogP contribution in [0.3, 0.4) is 0 Å². The Morgan fingerprint density at radius 2 is 1.75 bits per heavy atom. The van der Waals surface area contributed by atoms with Crippen molar-refractivity contribution < 1.29 is 5.11 Å². The van der Waals surface area contributed by atoms with Crippen molar-refractivity contribution in [1.82, 2.24) is 9.97 Å². The Bertz CT molecular complexity index is 792. The fourth-order valence-corrected chi connectivity index (χ4v) is 2.58. The van der Waals surface area contributed by atoms with Crippen LogP contribution in [0.15, 0.2) is 54.6 Å². The van der Waals surface area contributed by atoms with Gasteiger partial charge < -0.3 is 15.7 Å². The predicted molar refractivity (Wildman–Crippen MR) is 98.2 cm³/mol. The van der Waals surface area contributed by atoms with E-state index >= 15 is 0 Å². The van der Waals surface area contributed by atoms with E-state index in [4.69, 9.17) is 5.11 Å². The van der Waals surface area contributed by atoms with E-state index in [0.717, 1.165) is 16.7 Å². The van der Waals surface area contributed by atoms with Gasteiger partial charge in [-0.2, -0.15) is 4.98 Å². The van der Waals surface area contributed by atoms with E-state index in [2.05, 4.69) is 39.7 Å². The Morgan fingerprint density at radius 3 is 2.54 bits per heavy atom. The minimum atomic E-state index is 0.134. The highest BCUT2D eigenvalue weighted by Crippen LogP contribution is 2.25. The lowest BCUT2D eigenvalue weighted by molar-refractivity contribution is 0.292. The summed E-state index contributed by atoms with van der Waals surface area (Å²) < 4.78 is 0. The van der Waals surface area contributed by atoms with Crippen molar-refractivity contribution in [3.05, 3.63) is 60.2 Å². The van der Waals surface area contributed by atoms with Gasteiger partial charge in [0, 0.05) is 24.6 Å². The smallest absolute Gasteiger partial charge is 0.225 e. The van der Waals surface area contributed by atoms with Crippen LogP contribution in [-0.2, 0) is 0 Å². The second kappa shape index (κ2) is 7.75. The molecule has 3 rings (SSSR count). The van der Waals surface area contributed by atoms with Crippen LogP contribution in [0, 0.1) is 0 Å². The third-order valence-electron chi connectivity index (χ3n) is 3.87. The first kappa shape index (κ1) is 16.2. The molecule has 0 fully saturated rings. The average molecular weight is 322 g/mol. The number of hydrogen-bond acceptors (Lipinski definition) is 5. The zero-order chi connectivity index (χ0) is 16.8. The largest absolute Gasteiger partial charge is 0.396 e. The molecule has 0 spiro atoms. The van der Waals surface area contributed by atoms with E-state index in [9.17, 15) is 0 Å². The van der Waals surface area contributed by atoms with Crippen LogP contribution in [0.2, 0.25) is 0 Å². The van der Waals surface area contributed by atoms with Crippen LogP contribution in [0.4, 0.5) is 11.8 Å². The molecule has 1 aromatic heterocycles. The van der Waals surface area contributed by atoms with Crippen LogP contribution in [0.1, 0.15) is 24.9 Å². The summed E-state index contributed by atoms with van der Waals surface area (Å²) in [5, 5.41) is 16.6. The van der Waals surface area contributed by atoms with Crippen LogP contribution < -0.4 is 10.6 Å². The minimum Gasteiger partial charge on any atom is -0.396 e. The Labute approximate surface area is 141 Å². The predicted octanol–water partition coefficient (Wildman–Crippen LogP) is 3.60. The lowest BCUT2D eigenvalue weighted by Gasteiger charge is -2.17. The number of nitrogens with zero attached hydrogens (tertiary/aromatic N) is 2. The molecule has 2 aromatic carbocycles. The number of hydrogen-bond donors (Lipinski definition) is 3. The first-order valence-corrected chi connectivity index (χ1v) is 8.21. The molecule has 0 amide bonds. The fourth-order valence-electron chi connectivity index (χ4n) is 2.58. The SMILES string of the molecule is CC(Nc1nc(NCCCO)nc2ccccc12)c1ccccc1. The van der Waals surface area contributed by atoms with Gasteiger partial charge in [0.25, 0.3) is 0 Å². The van der Waals surface area contributed by atoms with Crippen molar-refractivity contribution in [2.75, 3.05) is 23.8 Å². The van der Waals surface area contributed by atoms with Gasteiger partial charge in [0.2, 0.25) is 5.95 Å². The van der Waals surface area contributed by atoms with Gasteiger partial charge in [0.15, 0.2) is 0 Å². The van der Waals surface area contributed by atoms with E-state index in [1.54, 1.807) is 0 Å². The molecule has 1 unspecified atom stereocenters. The molecule has 3 aromatic rings. The van der Waals surface area contributed by atoms with Crippen molar-refractivity contribution in [1.29, 1.82) is 0 Å². The third kappa shape index (κ3) is 3.81. The van der Waals surface area contributed by atoms with E-state index in [0.29, 0.717) is 18.9 Å². The lowest BCUT2D eigenvalue weighted by Crippen LogP contribution is -2.12. The first-order chi connectivity index (χ1) is 11.8. The van der Waals surface area contributed by atoms with Crippen molar-refractivity contribution in [3.8, 4) is 0 Å². The monoisotopic (exact) mass is 322 g/mol. The highest BCUT2D eigenvalue weighted by atomic mass is 16.3. The third-order valence-corrected chi connectivity index (χ3v) is 3.87. The first-order valence-electron chi connectivity index (χ1n) is 8.21. The second-order valence-corrected chi connectivity index (χ2v) is 5.69. The van der Waals surface area contributed by atoms with Gasteiger partial charge in [-0.25, -0.2) is 4.98 Å². The number of para-hydroxylation sites is 1. The summed E-state index contributed by atoms with van der Waals surface area (Å²) in [6, 6.07) is 18.4. The van der Waals surface area contributed by atoms with Gasteiger partial charge in [0.1, 0.15) is 5.82 Å². The second-order valence-electron chi connectivity index (χ2n) is 5.69. The molecule has 124 valence electrons. The normalized spacial score (nSPS) is 12.1. The summed E-state index contributed by atoms with van der Waals surface area (Å²) >= 11 is 0. The summed E-state index contributed by atoms with van der Waals surface area (Å²) in [4.78, 5) is 9.17.